The molecule has 0 aromatic carbocycles. The van der Waals surface area contributed by atoms with Crippen molar-refractivity contribution in [2.45, 2.75) is 6.92 Å². The molecule has 49 valence electrons. The van der Waals surface area contributed by atoms with Crippen LogP contribution in [0, 0.1) is 0 Å². The Bertz CT molecular complexity index is 50.5. The van der Waals surface area contributed by atoms with Crippen molar-refractivity contribution in [1.82, 2.24) is 9.35 Å². The van der Waals surface area contributed by atoms with Crippen LogP contribution in [0.5, 0.6) is 0 Å². The lowest BCUT2D eigenvalue weighted by Crippen LogP contribution is -2.32. The Morgan fingerprint density at radius 2 is 2.38 bits per heavy atom. The minimum absolute atomic E-state index is 0.819. The smallest absolute Gasteiger partial charge is 0.271 e. The predicted octanol–water partition coefficient (Wildman–Crippen LogP) is -0.0804. The third-order valence-electron chi connectivity index (χ3n) is 0.842. The van der Waals surface area contributed by atoms with Crippen LogP contribution in [0.15, 0.2) is 0 Å². The van der Waals surface area contributed by atoms with E-state index < -0.39 is 0 Å². The SMILES string of the molecule is CC[N+](Br)CCNN. The van der Waals surface area contributed by atoms with E-state index in [1.165, 1.54) is 0 Å². The molecule has 0 amide bonds. The second-order valence-corrected chi connectivity index (χ2v) is 2.46. The molecule has 0 aliphatic carbocycles. The number of hydrogen-bond donors (Lipinski definition) is 2. The topological polar surface area (TPSA) is 44.0 Å². The molecule has 1 radical (unpaired) electrons. The molecule has 0 unspecified atom stereocenters. The second kappa shape index (κ2) is 5.50. The first-order valence-electron chi connectivity index (χ1n) is 2.65. The summed E-state index contributed by atoms with van der Waals surface area (Å²) in [5.41, 5.74) is 2.56. The molecule has 3 nitrogen and oxygen atoms in total. The fourth-order valence-electron chi connectivity index (χ4n) is 0.344. The van der Waals surface area contributed by atoms with Gasteiger partial charge in [-0.3, -0.25) is 11.3 Å². The van der Waals surface area contributed by atoms with Crippen molar-refractivity contribution in [3.05, 3.63) is 0 Å². The zero-order valence-corrected chi connectivity index (χ0v) is 6.61. The molecule has 0 aromatic heterocycles. The molecule has 0 bridgehead atoms. The van der Waals surface area contributed by atoms with Gasteiger partial charge in [-0.05, 0) is 6.92 Å². The highest BCUT2D eigenvalue weighted by atomic mass is 79.9. The van der Waals surface area contributed by atoms with Crippen molar-refractivity contribution < 1.29 is 0 Å². The average Bonchev–Trinajstić information content (AvgIpc) is 1.83. The molecule has 0 aliphatic rings. The van der Waals surface area contributed by atoms with Crippen LogP contribution in [0.4, 0.5) is 0 Å². The molecule has 0 heterocycles. The molecule has 0 aliphatic heterocycles. The number of nitrogens with two attached hydrogens (primary N) is 1. The minimum Gasteiger partial charge on any atom is -0.271 e. The fraction of sp³-hybridized carbons (Fsp3) is 1.00. The van der Waals surface area contributed by atoms with Crippen LogP contribution >= 0.6 is 16.1 Å². The third kappa shape index (κ3) is 4.52. The number of hydrogen-bond acceptors (Lipinski definition) is 3. The Hall–Kier alpha value is 0.360. The maximum Gasteiger partial charge on any atom is 0.287 e. The van der Waals surface area contributed by atoms with Crippen molar-refractivity contribution >= 4 is 16.1 Å². The van der Waals surface area contributed by atoms with Crippen molar-refractivity contribution in [3.8, 4) is 0 Å². The summed E-state index contributed by atoms with van der Waals surface area (Å²) in [7, 11) is 0. The summed E-state index contributed by atoms with van der Waals surface area (Å²) in [6, 6.07) is 0. The molecule has 3 N–H and O–H groups in total. The van der Waals surface area contributed by atoms with E-state index in [0.717, 1.165) is 19.6 Å². The zero-order chi connectivity index (χ0) is 6.41. The summed E-state index contributed by atoms with van der Waals surface area (Å²) >= 11 is 3.32. The maximum absolute atomic E-state index is 5.03. The summed E-state index contributed by atoms with van der Waals surface area (Å²) in [5.74, 6) is 5.03. The molecule has 0 aromatic rings. The monoisotopic (exact) mass is 181 g/mol. The molecule has 0 atom stereocenters. The van der Waals surface area contributed by atoms with Crippen LogP contribution in [0.2, 0.25) is 0 Å². The first-order chi connectivity index (χ1) is 3.81. The van der Waals surface area contributed by atoms with Crippen molar-refractivity contribution in [2.75, 3.05) is 19.6 Å². The van der Waals surface area contributed by atoms with Gasteiger partial charge < -0.3 is 0 Å². The van der Waals surface area contributed by atoms with Gasteiger partial charge in [0.05, 0.1) is 6.54 Å². The number of likely N-dealkylation sites (N-methyl/N-ethyl adjacent to an activating group) is 1. The number of nitrogens with one attached hydrogen (secondary N) is 1. The van der Waals surface area contributed by atoms with Gasteiger partial charge in [0.25, 0.3) is 16.1 Å². The highest BCUT2D eigenvalue weighted by Gasteiger charge is 2.04. The van der Waals surface area contributed by atoms with E-state index in [4.69, 9.17) is 5.84 Å². The normalized spacial score (nSPS) is 10.5. The molecule has 0 rings (SSSR count). The van der Waals surface area contributed by atoms with Gasteiger partial charge in [-0.2, -0.15) is 0 Å². The lowest BCUT2D eigenvalue weighted by atomic mass is 10.6. The number of nitrogens with zero attached hydrogens (tertiary/aromatic N) is 1. The van der Waals surface area contributed by atoms with Gasteiger partial charge in [-0.25, -0.2) is 0 Å². The highest BCUT2D eigenvalue weighted by Crippen LogP contribution is 1.87. The third-order valence-corrected chi connectivity index (χ3v) is 1.70. The minimum atomic E-state index is 0.819. The van der Waals surface area contributed by atoms with Crippen LogP contribution in [-0.4, -0.2) is 19.6 Å². The first kappa shape index (κ1) is 8.36. The molecule has 4 heteroatoms. The quantitative estimate of drug-likeness (QED) is 0.363. The summed E-state index contributed by atoms with van der Waals surface area (Å²) in [4.78, 5) is 0. The molecule has 0 saturated carbocycles. The largest absolute Gasteiger partial charge is 0.287 e. The molecular formula is C4H12BrN3+. The van der Waals surface area contributed by atoms with E-state index in [0.29, 0.717) is 0 Å². The standard InChI is InChI=1S/C4H12BrN3/c1-2-8(5)4-3-7-6/h7H,2-4,6H2,1H3/q+1. The van der Waals surface area contributed by atoms with E-state index in [1.807, 2.05) is 3.93 Å². The van der Waals surface area contributed by atoms with Gasteiger partial charge in [0.1, 0.15) is 13.1 Å². The highest BCUT2D eigenvalue weighted by molar-refractivity contribution is 9.08. The van der Waals surface area contributed by atoms with E-state index in [1.54, 1.807) is 0 Å². The van der Waals surface area contributed by atoms with Gasteiger partial charge in [-0.15, -0.1) is 0 Å². The van der Waals surface area contributed by atoms with Crippen LogP contribution in [-0.2, 0) is 0 Å². The van der Waals surface area contributed by atoms with E-state index >= 15 is 0 Å². The van der Waals surface area contributed by atoms with E-state index in [-0.39, 0.29) is 0 Å². The molecule has 0 fully saturated rings. The Balaban J connectivity index is 2.86. The van der Waals surface area contributed by atoms with Gasteiger partial charge in [0, 0.05) is 0 Å². The summed E-state index contributed by atoms with van der Waals surface area (Å²) in [5, 5.41) is 0. The van der Waals surface area contributed by atoms with Crippen LogP contribution in [0.1, 0.15) is 6.92 Å². The van der Waals surface area contributed by atoms with Crippen molar-refractivity contribution in [3.63, 3.8) is 0 Å². The van der Waals surface area contributed by atoms with E-state index in [2.05, 4.69) is 28.5 Å². The predicted molar refractivity (Wildman–Crippen MR) is 38.7 cm³/mol. The molecule has 0 saturated heterocycles. The van der Waals surface area contributed by atoms with E-state index in [9.17, 15) is 0 Å². The van der Waals surface area contributed by atoms with Crippen LogP contribution < -0.4 is 15.2 Å². The lowest BCUT2D eigenvalue weighted by molar-refractivity contribution is 0.603. The Kier molecular flexibility index (Phi) is 5.74. The summed E-state index contributed by atoms with van der Waals surface area (Å²) < 4.78 is 2.01. The van der Waals surface area contributed by atoms with Gasteiger partial charge in [0.15, 0.2) is 0 Å². The first-order valence-corrected chi connectivity index (χ1v) is 3.36. The number of rotatable bonds is 4. The second-order valence-electron chi connectivity index (χ2n) is 1.46. The Labute approximate surface area is 58.5 Å². The number of hydrazine groups is 1. The van der Waals surface area contributed by atoms with Gasteiger partial charge in [-0.1, -0.05) is 3.93 Å². The zero-order valence-electron chi connectivity index (χ0n) is 5.02. The maximum atomic E-state index is 5.03. The van der Waals surface area contributed by atoms with Crippen LogP contribution in [0.25, 0.3) is 0 Å². The molecule has 8 heavy (non-hydrogen) atoms. The Morgan fingerprint density at radius 3 is 2.75 bits per heavy atom. The molecule has 0 spiro atoms. The summed E-state index contributed by atoms with van der Waals surface area (Å²) in [6.45, 7) is 4.83. The lowest BCUT2D eigenvalue weighted by Gasteiger charge is -1.97. The van der Waals surface area contributed by atoms with Gasteiger partial charge >= 0.3 is 0 Å². The van der Waals surface area contributed by atoms with Crippen LogP contribution in [0.3, 0.4) is 0 Å². The van der Waals surface area contributed by atoms with Crippen molar-refractivity contribution in [2.24, 2.45) is 5.84 Å². The van der Waals surface area contributed by atoms with Gasteiger partial charge in [0.2, 0.25) is 0 Å². The van der Waals surface area contributed by atoms with Crippen molar-refractivity contribution in [1.29, 1.82) is 0 Å². The average molecular weight is 182 g/mol. The molecular weight excluding hydrogens is 170 g/mol. The fourth-order valence-corrected chi connectivity index (χ4v) is 0.521. The summed E-state index contributed by atoms with van der Waals surface area (Å²) in [6.07, 6.45) is 0. The number of halogens is 1. The Morgan fingerprint density at radius 1 is 1.75 bits per heavy atom.